The zero-order valence-electron chi connectivity index (χ0n) is 10.6. The van der Waals surface area contributed by atoms with E-state index in [1.165, 1.54) is 25.7 Å². The van der Waals surface area contributed by atoms with Crippen LogP contribution < -0.4 is 4.74 Å². The minimum atomic E-state index is 0.209. The molecule has 0 aliphatic heterocycles. The summed E-state index contributed by atoms with van der Waals surface area (Å²) < 4.78 is 5.97. The lowest BCUT2D eigenvalue weighted by Gasteiger charge is -2.26. The summed E-state index contributed by atoms with van der Waals surface area (Å²) in [5.74, 6) is 1.83. The summed E-state index contributed by atoms with van der Waals surface area (Å²) in [6, 6.07) is 8.11. The molecule has 0 saturated heterocycles. The summed E-state index contributed by atoms with van der Waals surface area (Å²) in [6.45, 7) is 2.53. The molecule has 0 heterocycles. The van der Waals surface area contributed by atoms with Gasteiger partial charge in [-0.15, -0.1) is 0 Å². The molecule has 1 aliphatic carbocycles. The lowest BCUT2D eigenvalue weighted by molar-refractivity contribution is 0.135. The predicted octanol–water partition coefficient (Wildman–Crippen LogP) is 3.18. The van der Waals surface area contributed by atoms with Crippen molar-refractivity contribution in [2.75, 3.05) is 6.61 Å². The Morgan fingerprint density at radius 3 is 2.35 bits per heavy atom. The van der Waals surface area contributed by atoms with Crippen molar-refractivity contribution in [3.05, 3.63) is 29.8 Å². The zero-order valence-corrected chi connectivity index (χ0v) is 10.6. The van der Waals surface area contributed by atoms with E-state index in [2.05, 4.69) is 6.92 Å². The molecule has 0 aromatic heterocycles. The molecule has 1 aromatic carbocycles. The van der Waals surface area contributed by atoms with Gasteiger partial charge in [0.2, 0.25) is 0 Å². The molecule has 2 heteroatoms. The highest BCUT2D eigenvalue weighted by atomic mass is 16.5. The number of benzene rings is 1. The first-order chi connectivity index (χ1) is 8.28. The molecule has 2 nitrogen and oxygen atoms in total. The molecular weight excluding hydrogens is 212 g/mol. The van der Waals surface area contributed by atoms with Gasteiger partial charge in [-0.1, -0.05) is 19.1 Å². The molecule has 2 rings (SSSR count). The largest absolute Gasteiger partial charge is 0.490 e. The summed E-state index contributed by atoms with van der Waals surface area (Å²) >= 11 is 0. The second-order valence-corrected chi connectivity index (χ2v) is 5.12. The van der Waals surface area contributed by atoms with Gasteiger partial charge >= 0.3 is 0 Å². The van der Waals surface area contributed by atoms with E-state index in [9.17, 15) is 0 Å². The third-order valence-corrected chi connectivity index (χ3v) is 3.59. The van der Waals surface area contributed by atoms with Gasteiger partial charge in [-0.25, -0.2) is 0 Å². The molecule has 94 valence electrons. The standard InChI is InChI=1S/C15H22O2/c1-12-2-6-14(7-3-12)17-15-8-4-13(5-9-15)10-11-16/h4-5,8-9,12,14,16H,2-3,6-7,10-11H2,1H3. The van der Waals surface area contributed by atoms with Gasteiger partial charge in [0.25, 0.3) is 0 Å². The number of hydrogen-bond acceptors (Lipinski definition) is 2. The van der Waals surface area contributed by atoms with E-state index in [-0.39, 0.29) is 6.61 Å². The minimum absolute atomic E-state index is 0.209. The average molecular weight is 234 g/mol. The molecule has 1 fully saturated rings. The maximum atomic E-state index is 8.84. The van der Waals surface area contributed by atoms with Gasteiger partial charge in [-0.2, -0.15) is 0 Å². The highest BCUT2D eigenvalue weighted by molar-refractivity contribution is 5.27. The van der Waals surface area contributed by atoms with Gasteiger partial charge in [-0.05, 0) is 55.7 Å². The third kappa shape index (κ3) is 3.74. The van der Waals surface area contributed by atoms with Gasteiger partial charge in [-0.3, -0.25) is 0 Å². The monoisotopic (exact) mass is 234 g/mol. The van der Waals surface area contributed by atoms with E-state index in [1.807, 2.05) is 24.3 Å². The van der Waals surface area contributed by atoms with Crippen LogP contribution in [0.4, 0.5) is 0 Å². The highest BCUT2D eigenvalue weighted by Gasteiger charge is 2.19. The van der Waals surface area contributed by atoms with Crippen LogP contribution in [0.1, 0.15) is 38.2 Å². The zero-order chi connectivity index (χ0) is 12.1. The molecule has 17 heavy (non-hydrogen) atoms. The van der Waals surface area contributed by atoms with E-state index < -0.39 is 0 Å². The fourth-order valence-corrected chi connectivity index (χ4v) is 2.40. The van der Waals surface area contributed by atoms with Crippen LogP contribution in [0.5, 0.6) is 5.75 Å². The lowest BCUT2D eigenvalue weighted by atomic mass is 9.89. The maximum Gasteiger partial charge on any atom is 0.119 e. The third-order valence-electron chi connectivity index (χ3n) is 3.59. The Balaban J connectivity index is 1.86. The topological polar surface area (TPSA) is 29.5 Å². The smallest absolute Gasteiger partial charge is 0.119 e. The van der Waals surface area contributed by atoms with Gasteiger partial charge in [0.1, 0.15) is 5.75 Å². The fourth-order valence-electron chi connectivity index (χ4n) is 2.40. The van der Waals surface area contributed by atoms with Crippen molar-refractivity contribution in [1.82, 2.24) is 0 Å². The Kier molecular flexibility index (Phi) is 4.43. The van der Waals surface area contributed by atoms with E-state index in [1.54, 1.807) is 0 Å². The average Bonchev–Trinajstić information content (AvgIpc) is 2.35. The Labute approximate surface area is 104 Å². The van der Waals surface area contributed by atoms with E-state index >= 15 is 0 Å². The van der Waals surface area contributed by atoms with Gasteiger partial charge in [0, 0.05) is 6.61 Å². The maximum absolute atomic E-state index is 8.84. The van der Waals surface area contributed by atoms with E-state index in [0.29, 0.717) is 6.10 Å². The number of aliphatic hydroxyl groups excluding tert-OH is 1. The second-order valence-electron chi connectivity index (χ2n) is 5.12. The van der Waals surface area contributed by atoms with Crippen LogP contribution >= 0.6 is 0 Å². The second kappa shape index (κ2) is 6.06. The van der Waals surface area contributed by atoms with Crippen LogP contribution in [0.3, 0.4) is 0 Å². The van der Waals surface area contributed by atoms with Crippen LogP contribution in [0.15, 0.2) is 24.3 Å². The quantitative estimate of drug-likeness (QED) is 0.867. The van der Waals surface area contributed by atoms with Gasteiger partial charge < -0.3 is 9.84 Å². The molecule has 0 spiro atoms. The molecule has 0 radical (unpaired) electrons. The number of rotatable bonds is 4. The summed E-state index contributed by atoms with van der Waals surface area (Å²) in [4.78, 5) is 0. The van der Waals surface area contributed by atoms with Crippen molar-refractivity contribution >= 4 is 0 Å². The van der Waals surface area contributed by atoms with E-state index in [4.69, 9.17) is 9.84 Å². The number of ether oxygens (including phenoxy) is 1. The molecule has 1 aliphatic rings. The molecule has 1 saturated carbocycles. The molecule has 0 bridgehead atoms. The molecule has 1 N–H and O–H groups in total. The first-order valence-electron chi connectivity index (χ1n) is 6.64. The first-order valence-corrected chi connectivity index (χ1v) is 6.64. The van der Waals surface area contributed by atoms with Crippen LogP contribution in [-0.2, 0) is 6.42 Å². The summed E-state index contributed by atoms with van der Waals surface area (Å²) in [7, 11) is 0. The predicted molar refractivity (Wildman–Crippen MR) is 69.3 cm³/mol. The SMILES string of the molecule is CC1CCC(Oc2ccc(CCO)cc2)CC1. The van der Waals surface area contributed by atoms with Crippen LogP contribution in [0.25, 0.3) is 0 Å². The lowest BCUT2D eigenvalue weighted by Crippen LogP contribution is -2.22. The Bertz CT molecular complexity index is 323. The number of aliphatic hydroxyl groups is 1. The van der Waals surface area contributed by atoms with Crippen molar-refractivity contribution in [3.63, 3.8) is 0 Å². The summed E-state index contributed by atoms with van der Waals surface area (Å²) in [5.41, 5.74) is 1.16. The Hall–Kier alpha value is -1.02. The van der Waals surface area contributed by atoms with Crippen LogP contribution in [0.2, 0.25) is 0 Å². The molecular formula is C15H22O2. The molecule has 0 atom stereocenters. The normalized spacial score (nSPS) is 24.6. The Morgan fingerprint density at radius 1 is 1.12 bits per heavy atom. The first kappa shape index (κ1) is 12.4. The van der Waals surface area contributed by atoms with Crippen molar-refractivity contribution in [1.29, 1.82) is 0 Å². The van der Waals surface area contributed by atoms with E-state index in [0.717, 1.165) is 23.7 Å². The van der Waals surface area contributed by atoms with Gasteiger partial charge in [0.15, 0.2) is 0 Å². The fraction of sp³-hybridized carbons (Fsp3) is 0.600. The molecule has 1 aromatic rings. The van der Waals surface area contributed by atoms with Crippen LogP contribution in [0, 0.1) is 5.92 Å². The molecule has 0 amide bonds. The van der Waals surface area contributed by atoms with Crippen molar-refractivity contribution in [2.45, 2.75) is 45.1 Å². The summed E-state index contributed by atoms with van der Waals surface area (Å²) in [5, 5.41) is 8.84. The molecule has 0 unspecified atom stereocenters. The van der Waals surface area contributed by atoms with Crippen molar-refractivity contribution < 1.29 is 9.84 Å². The minimum Gasteiger partial charge on any atom is -0.490 e. The highest BCUT2D eigenvalue weighted by Crippen LogP contribution is 2.27. The van der Waals surface area contributed by atoms with Crippen molar-refractivity contribution in [3.8, 4) is 5.75 Å². The van der Waals surface area contributed by atoms with Crippen LogP contribution in [-0.4, -0.2) is 17.8 Å². The summed E-state index contributed by atoms with van der Waals surface area (Å²) in [6.07, 6.45) is 6.05. The van der Waals surface area contributed by atoms with Gasteiger partial charge in [0.05, 0.1) is 6.10 Å². The number of hydrogen-bond donors (Lipinski definition) is 1. The van der Waals surface area contributed by atoms with Crippen molar-refractivity contribution in [2.24, 2.45) is 5.92 Å². The Morgan fingerprint density at radius 2 is 1.76 bits per heavy atom.